The van der Waals surface area contributed by atoms with Gasteiger partial charge in [-0.25, -0.2) is 9.97 Å². The largest absolute Gasteiger partial charge is 0.573 e. The number of aromatic nitrogens is 2. The molecule has 1 fully saturated rings. The smallest absolute Gasteiger partial charge is 0.470 e. The molecule has 1 atom stereocenters. The zero-order valence-corrected chi connectivity index (χ0v) is 16.0. The first kappa shape index (κ1) is 20.7. The number of carbonyl (C=O) groups excluding carboxylic acids is 1. The lowest BCUT2D eigenvalue weighted by Gasteiger charge is -2.33. The number of carbonyl (C=O) groups is 1. The van der Waals surface area contributed by atoms with Gasteiger partial charge in [-0.05, 0) is 37.1 Å². The van der Waals surface area contributed by atoms with E-state index in [1.807, 2.05) is 14.1 Å². The quantitative estimate of drug-likeness (QED) is 0.755. The SMILES string of the molecule is CN(C)c1nccnc1OC1CCCN(C(=O)c2ccc(OC(F)(F)F)cc2)C1. The molecule has 1 unspecified atom stereocenters. The van der Waals surface area contributed by atoms with Crippen LogP contribution in [0.4, 0.5) is 19.0 Å². The fraction of sp³-hybridized carbons (Fsp3) is 0.421. The molecule has 0 N–H and O–H groups in total. The lowest BCUT2D eigenvalue weighted by atomic mass is 10.1. The van der Waals surface area contributed by atoms with Crippen molar-refractivity contribution in [2.24, 2.45) is 0 Å². The second kappa shape index (κ2) is 8.54. The minimum Gasteiger partial charge on any atom is -0.470 e. The highest BCUT2D eigenvalue weighted by Gasteiger charge is 2.31. The second-order valence-corrected chi connectivity index (χ2v) is 6.78. The molecule has 1 saturated heterocycles. The second-order valence-electron chi connectivity index (χ2n) is 6.78. The first-order chi connectivity index (χ1) is 13.7. The summed E-state index contributed by atoms with van der Waals surface area (Å²) in [5.74, 6) is 0.346. The van der Waals surface area contributed by atoms with Crippen LogP contribution in [-0.2, 0) is 0 Å². The lowest BCUT2D eigenvalue weighted by Crippen LogP contribution is -2.44. The summed E-state index contributed by atoms with van der Waals surface area (Å²) >= 11 is 0. The molecule has 3 rings (SSSR count). The Bertz CT molecular complexity index is 843. The van der Waals surface area contributed by atoms with E-state index in [0.717, 1.165) is 25.0 Å². The molecule has 1 aromatic carbocycles. The molecule has 0 aliphatic carbocycles. The van der Waals surface area contributed by atoms with Gasteiger partial charge in [-0.2, -0.15) is 0 Å². The third-order valence-corrected chi connectivity index (χ3v) is 4.35. The molecule has 0 saturated carbocycles. The molecule has 2 heterocycles. The van der Waals surface area contributed by atoms with Gasteiger partial charge in [-0.15, -0.1) is 13.2 Å². The van der Waals surface area contributed by atoms with Crippen molar-refractivity contribution in [3.63, 3.8) is 0 Å². The number of rotatable bonds is 5. The van der Waals surface area contributed by atoms with E-state index in [-0.39, 0.29) is 23.3 Å². The van der Waals surface area contributed by atoms with Crippen LogP contribution in [0.1, 0.15) is 23.2 Å². The van der Waals surface area contributed by atoms with Crippen LogP contribution < -0.4 is 14.4 Å². The predicted molar refractivity (Wildman–Crippen MR) is 99.0 cm³/mol. The third kappa shape index (κ3) is 5.49. The average Bonchev–Trinajstić information content (AvgIpc) is 2.67. The number of piperidine rings is 1. The molecule has 156 valence electrons. The van der Waals surface area contributed by atoms with E-state index >= 15 is 0 Å². The van der Waals surface area contributed by atoms with Crippen molar-refractivity contribution in [3.05, 3.63) is 42.2 Å². The molecular weight excluding hydrogens is 389 g/mol. The van der Waals surface area contributed by atoms with Crippen LogP contribution in [0.3, 0.4) is 0 Å². The highest BCUT2D eigenvalue weighted by Crippen LogP contribution is 2.26. The molecule has 10 heteroatoms. The third-order valence-electron chi connectivity index (χ3n) is 4.35. The van der Waals surface area contributed by atoms with Gasteiger partial charge < -0.3 is 19.3 Å². The highest BCUT2D eigenvalue weighted by atomic mass is 19.4. The Hall–Kier alpha value is -3.04. The lowest BCUT2D eigenvalue weighted by molar-refractivity contribution is -0.274. The fourth-order valence-corrected chi connectivity index (χ4v) is 3.07. The van der Waals surface area contributed by atoms with E-state index < -0.39 is 6.36 Å². The Balaban J connectivity index is 1.65. The number of halogens is 3. The van der Waals surface area contributed by atoms with E-state index in [1.165, 1.54) is 12.1 Å². The Morgan fingerprint density at radius 2 is 1.86 bits per heavy atom. The summed E-state index contributed by atoms with van der Waals surface area (Å²) in [7, 11) is 3.67. The topological polar surface area (TPSA) is 67.8 Å². The number of nitrogens with zero attached hydrogens (tertiary/aromatic N) is 4. The summed E-state index contributed by atoms with van der Waals surface area (Å²) < 4.78 is 46.6. The maximum atomic E-state index is 12.7. The number of anilines is 1. The van der Waals surface area contributed by atoms with Gasteiger partial charge in [-0.1, -0.05) is 0 Å². The zero-order chi connectivity index (χ0) is 21.0. The first-order valence-electron chi connectivity index (χ1n) is 9.03. The van der Waals surface area contributed by atoms with Crippen LogP contribution in [0, 0.1) is 0 Å². The van der Waals surface area contributed by atoms with Crippen LogP contribution in [0.5, 0.6) is 11.6 Å². The Kier molecular flexibility index (Phi) is 6.09. The monoisotopic (exact) mass is 410 g/mol. The molecule has 1 aliphatic heterocycles. The summed E-state index contributed by atoms with van der Waals surface area (Å²) in [6.07, 6.45) is -0.413. The van der Waals surface area contributed by atoms with E-state index in [9.17, 15) is 18.0 Å². The van der Waals surface area contributed by atoms with Crippen molar-refractivity contribution < 1.29 is 27.4 Å². The van der Waals surface area contributed by atoms with Crippen molar-refractivity contribution in [2.45, 2.75) is 25.3 Å². The zero-order valence-electron chi connectivity index (χ0n) is 16.0. The molecule has 0 bridgehead atoms. The number of benzene rings is 1. The van der Waals surface area contributed by atoms with Gasteiger partial charge in [0.1, 0.15) is 11.9 Å². The maximum Gasteiger partial charge on any atom is 0.573 e. The van der Waals surface area contributed by atoms with Crippen molar-refractivity contribution in [3.8, 4) is 11.6 Å². The molecule has 0 spiro atoms. The van der Waals surface area contributed by atoms with Gasteiger partial charge in [0.15, 0.2) is 5.82 Å². The Morgan fingerprint density at radius 3 is 2.52 bits per heavy atom. The minimum atomic E-state index is -4.77. The molecule has 7 nitrogen and oxygen atoms in total. The van der Waals surface area contributed by atoms with Gasteiger partial charge in [-0.3, -0.25) is 4.79 Å². The van der Waals surface area contributed by atoms with Gasteiger partial charge in [0.05, 0.1) is 6.54 Å². The molecule has 29 heavy (non-hydrogen) atoms. The Labute approximate surface area is 166 Å². The number of hydrogen-bond donors (Lipinski definition) is 0. The molecule has 2 aromatic rings. The van der Waals surface area contributed by atoms with Crippen LogP contribution in [-0.4, -0.2) is 60.4 Å². The van der Waals surface area contributed by atoms with Crippen LogP contribution in [0.25, 0.3) is 0 Å². The molecule has 1 aromatic heterocycles. The summed E-state index contributed by atoms with van der Waals surface area (Å²) in [6.45, 7) is 0.892. The van der Waals surface area contributed by atoms with Gasteiger partial charge in [0.25, 0.3) is 11.8 Å². The fourth-order valence-electron chi connectivity index (χ4n) is 3.07. The summed E-state index contributed by atoms with van der Waals surface area (Å²) in [5, 5.41) is 0. The number of amides is 1. The molecule has 1 aliphatic rings. The number of likely N-dealkylation sites (tertiary alicyclic amines) is 1. The maximum absolute atomic E-state index is 12.7. The minimum absolute atomic E-state index is 0.254. The molecular formula is C19H21F3N4O3. The first-order valence-corrected chi connectivity index (χ1v) is 9.03. The van der Waals surface area contributed by atoms with Gasteiger partial charge in [0.2, 0.25) is 0 Å². The van der Waals surface area contributed by atoms with Crippen molar-refractivity contribution >= 4 is 11.7 Å². The van der Waals surface area contributed by atoms with Crippen molar-refractivity contribution in [1.82, 2.24) is 14.9 Å². The van der Waals surface area contributed by atoms with Gasteiger partial charge in [0, 0.05) is 38.6 Å². The van der Waals surface area contributed by atoms with Gasteiger partial charge >= 0.3 is 6.36 Å². The molecule has 0 radical (unpaired) electrons. The van der Waals surface area contributed by atoms with Crippen molar-refractivity contribution in [2.75, 3.05) is 32.1 Å². The standard InChI is InChI=1S/C19H21F3N4O3/c1-25(2)16-17(24-10-9-23-16)28-15-4-3-11-26(12-15)18(27)13-5-7-14(8-6-13)29-19(20,21)22/h5-10,15H,3-4,11-12H2,1-2H3. The number of alkyl halides is 3. The number of hydrogen-bond acceptors (Lipinski definition) is 6. The van der Waals surface area contributed by atoms with Crippen molar-refractivity contribution in [1.29, 1.82) is 0 Å². The highest BCUT2D eigenvalue weighted by molar-refractivity contribution is 5.94. The van der Waals surface area contributed by atoms with E-state index in [1.54, 1.807) is 22.2 Å². The molecule has 1 amide bonds. The van der Waals surface area contributed by atoms with Crippen LogP contribution in [0.2, 0.25) is 0 Å². The van der Waals surface area contributed by atoms with E-state index in [4.69, 9.17) is 4.74 Å². The Morgan fingerprint density at radius 1 is 1.17 bits per heavy atom. The summed E-state index contributed by atoms with van der Waals surface area (Å²) in [6, 6.07) is 4.89. The predicted octanol–water partition coefficient (Wildman–Crippen LogP) is 3.12. The van der Waals surface area contributed by atoms with E-state index in [0.29, 0.717) is 24.8 Å². The van der Waals surface area contributed by atoms with Crippen LogP contribution in [0.15, 0.2) is 36.7 Å². The normalized spacial score (nSPS) is 17.0. The van der Waals surface area contributed by atoms with E-state index in [2.05, 4.69) is 14.7 Å². The average molecular weight is 410 g/mol. The van der Waals surface area contributed by atoms with Crippen LogP contribution >= 0.6 is 0 Å². The summed E-state index contributed by atoms with van der Waals surface area (Å²) in [5.41, 5.74) is 0.286. The number of ether oxygens (including phenoxy) is 2. The summed E-state index contributed by atoms with van der Waals surface area (Å²) in [4.78, 5) is 24.6.